The van der Waals surface area contributed by atoms with Crippen molar-refractivity contribution in [3.63, 3.8) is 0 Å². The molecule has 16 heavy (non-hydrogen) atoms. The molecule has 3 aromatic rings. The van der Waals surface area contributed by atoms with Crippen molar-refractivity contribution in [2.24, 2.45) is 0 Å². The Hall–Kier alpha value is -1.95. The molecule has 0 unspecified atom stereocenters. The summed E-state index contributed by atoms with van der Waals surface area (Å²) in [7, 11) is 0. The highest BCUT2D eigenvalue weighted by atomic mass is 32.1. The van der Waals surface area contributed by atoms with Gasteiger partial charge in [-0.1, -0.05) is 0 Å². The Morgan fingerprint density at radius 3 is 3.06 bits per heavy atom. The van der Waals surface area contributed by atoms with Crippen LogP contribution in [-0.4, -0.2) is 19.9 Å². The summed E-state index contributed by atoms with van der Waals surface area (Å²) in [5.74, 6) is 1.30. The van der Waals surface area contributed by atoms with E-state index in [-0.39, 0.29) is 0 Å². The minimum atomic E-state index is 0.439. The number of imidazole rings is 1. The van der Waals surface area contributed by atoms with Crippen molar-refractivity contribution in [3.05, 3.63) is 34.5 Å². The first kappa shape index (κ1) is 9.29. The third kappa shape index (κ3) is 1.53. The molecule has 3 N–H and O–H groups in total. The lowest BCUT2D eigenvalue weighted by Gasteiger charge is -1.91. The molecule has 3 heterocycles. The number of nitrogens with zero attached hydrogens (tertiary/aromatic N) is 3. The highest BCUT2D eigenvalue weighted by Crippen LogP contribution is 2.16. The molecule has 0 bridgehead atoms. The normalized spacial score (nSPS) is 11.0. The van der Waals surface area contributed by atoms with Gasteiger partial charge in [-0.3, -0.25) is 0 Å². The van der Waals surface area contributed by atoms with E-state index in [1.165, 1.54) is 11.9 Å². The van der Waals surface area contributed by atoms with E-state index in [0.717, 1.165) is 12.2 Å². The van der Waals surface area contributed by atoms with E-state index >= 15 is 0 Å². The van der Waals surface area contributed by atoms with Gasteiger partial charge in [-0.15, -0.1) is 0 Å². The van der Waals surface area contributed by atoms with E-state index < -0.39 is 0 Å². The van der Waals surface area contributed by atoms with Gasteiger partial charge in [0.2, 0.25) is 0 Å². The zero-order valence-corrected chi connectivity index (χ0v) is 9.16. The summed E-state index contributed by atoms with van der Waals surface area (Å²) in [6, 6.07) is 2.08. The Balaban J connectivity index is 2.02. The number of nitrogens with one attached hydrogen (secondary N) is 1. The van der Waals surface area contributed by atoms with Crippen molar-refractivity contribution in [2.45, 2.75) is 6.42 Å². The van der Waals surface area contributed by atoms with Gasteiger partial charge in [0.15, 0.2) is 11.5 Å². The second kappa shape index (κ2) is 3.57. The monoisotopic (exact) mass is 231 g/mol. The summed E-state index contributed by atoms with van der Waals surface area (Å²) >= 11 is 1.67. The smallest absolute Gasteiger partial charge is 0.183 e. The van der Waals surface area contributed by atoms with Crippen LogP contribution < -0.4 is 5.73 Å². The Bertz CT molecular complexity index is 613. The lowest BCUT2D eigenvalue weighted by Crippen LogP contribution is -1.92. The minimum absolute atomic E-state index is 0.439. The number of aromatic amines is 1. The summed E-state index contributed by atoms with van der Waals surface area (Å²) in [4.78, 5) is 15.5. The van der Waals surface area contributed by atoms with Crippen LogP contribution in [0.4, 0.5) is 5.82 Å². The molecule has 0 saturated carbocycles. The number of anilines is 1. The molecule has 0 fully saturated rings. The molecule has 0 spiro atoms. The fourth-order valence-corrected chi connectivity index (χ4v) is 2.23. The van der Waals surface area contributed by atoms with Gasteiger partial charge in [0, 0.05) is 6.42 Å². The number of fused-ring (bicyclic) bond motifs is 1. The van der Waals surface area contributed by atoms with E-state index in [2.05, 4.69) is 31.4 Å². The third-order valence-corrected chi connectivity index (χ3v) is 3.05. The number of nitrogen functional groups attached to an aromatic ring is 1. The summed E-state index contributed by atoms with van der Waals surface area (Å²) in [5.41, 5.74) is 8.29. The molecule has 0 atom stereocenters. The van der Waals surface area contributed by atoms with Gasteiger partial charge < -0.3 is 10.7 Å². The second-order valence-electron chi connectivity index (χ2n) is 3.45. The second-order valence-corrected chi connectivity index (χ2v) is 4.23. The molecule has 0 amide bonds. The van der Waals surface area contributed by atoms with Gasteiger partial charge in [-0.25, -0.2) is 15.0 Å². The van der Waals surface area contributed by atoms with Crippen molar-refractivity contribution in [3.8, 4) is 0 Å². The predicted octanol–water partition coefficient (Wildman–Crippen LogP) is 1.59. The molecular weight excluding hydrogens is 222 g/mol. The van der Waals surface area contributed by atoms with Crippen molar-refractivity contribution in [2.75, 3.05) is 5.73 Å². The number of hydrogen-bond donors (Lipinski definition) is 2. The van der Waals surface area contributed by atoms with E-state index in [4.69, 9.17) is 5.73 Å². The number of H-pyrrole nitrogens is 1. The minimum Gasteiger partial charge on any atom is -0.382 e. The van der Waals surface area contributed by atoms with E-state index in [0.29, 0.717) is 17.0 Å². The molecule has 6 heteroatoms. The Morgan fingerprint density at radius 2 is 2.31 bits per heavy atom. The first-order chi connectivity index (χ1) is 7.83. The molecule has 0 aliphatic carbocycles. The lowest BCUT2D eigenvalue weighted by atomic mass is 10.2. The maximum Gasteiger partial charge on any atom is 0.183 e. The van der Waals surface area contributed by atoms with Crippen molar-refractivity contribution < 1.29 is 0 Å². The molecule has 0 radical (unpaired) electrons. The topological polar surface area (TPSA) is 80.5 Å². The highest BCUT2D eigenvalue weighted by Gasteiger charge is 2.07. The fraction of sp³-hybridized carbons (Fsp3) is 0.100. The lowest BCUT2D eigenvalue weighted by molar-refractivity contribution is 1.04. The van der Waals surface area contributed by atoms with Gasteiger partial charge in [0.1, 0.15) is 17.7 Å². The summed E-state index contributed by atoms with van der Waals surface area (Å²) < 4.78 is 0. The maximum absolute atomic E-state index is 5.72. The van der Waals surface area contributed by atoms with Crippen LogP contribution in [0.15, 0.2) is 23.2 Å². The first-order valence-corrected chi connectivity index (χ1v) is 5.73. The summed E-state index contributed by atoms with van der Waals surface area (Å²) in [6.45, 7) is 0. The van der Waals surface area contributed by atoms with E-state index in [1.54, 1.807) is 11.3 Å². The molecule has 3 rings (SSSR count). The van der Waals surface area contributed by atoms with Crippen molar-refractivity contribution >= 4 is 28.3 Å². The third-order valence-electron chi connectivity index (χ3n) is 2.32. The molecule has 80 valence electrons. The average molecular weight is 231 g/mol. The number of rotatable bonds is 2. The van der Waals surface area contributed by atoms with Gasteiger partial charge in [-0.2, -0.15) is 11.3 Å². The number of thiophene rings is 1. The van der Waals surface area contributed by atoms with Crippen LogP contribution in [0, 0.1) is 0 Å². The van der Waals surface area contributed by atoms with Crippen LogP contribution in [-0.2, 0) is 6.42 Å². The van der Waals surface area contributed by atoms with E-state index in [9.17, 15) is 0 Å². The molecule has 5 nitrogen and oxygen atoms in total. The standard InChI is InChI=1S/C10H9N5S/c11-9-8-10(13-5-12-9)15-7(14-8)3-6-1-2-16-4-6/h1-2,4-5H,3H2,(H3,11,12,13,14,15). The fourth-order valence-electron chi connectivity index (χ4n) is 1.56. The van der Waals surface area contributed by atoms with Gasteiger partial charge in [0.05, 0.1) is 0 Å². The maximum atomic E-state index is 5.72. The zero-order chi connectivity index (χ0) is 11.0. The first-order valence-electron chi connectivity index (χ1n) is 4.79. The number of nitrogens with two attached hydrogens (primary N) is 1. The molecule has 3 aromatic heterocycles. The van der Waals surface area contributed by atoms with Crippen molar-refractivity contribution in [1.29, 1.82) is 0 Å². The number of aromatic nitrogens is 4. The van der Waals surface area contributed by atoms with Crippen LogP contribution in [0.3, 0.4) is 0 Å². The Labute approximate surface area is 95.4 Å². The summed E-state index contributed by atoms with van der Waals surface area (Å²) in [6.07, 6.45) is 2.19. The molecule has 0 saturated heterocycles. The predicted molar refractivity (Wildman–Crippen MR) is 63.2 cm³/mol. The van der Waals surface area contributed by atoms with E-state index in [1.807, 2.05) is 5.38 Å². The Morgan fingerprint density at radius 1 is 1.38 bits per heavy atom. The molecular formula is C10H9N5S. The number of hydrogen-bond acceptors (Lipinski definition) is 5. The van der Waals surface area contributed by atoms with Crippen LogP contribution in [0.2, 0.25) is 0 Å². The molecule has 0 aliphatic rings. The largest absolute Gasteiger partial charge is 0.382 e. The highest BCUT2D eigenvalue weighted by molar-refractivity contribution is 7.07. The van der Waals surface area contributed by atoms with Crippen LogP contribution in [0.5, 0.6) is 0 Å². The quantitative estimate of drug-likeness (QED) is 0.701. The van der Waals surface area contributed by atoms with Crippen LogP contribution >= 0.6 is 11.3 Å². The molecule has 0 aliphatic heterocycles. The SMILES string of the molecule is Nc1ncnc2nc(Cc3ccsc3)[nH]c12. The Kier molecular flexibility index (Phi) is 2.07. The molecule has 0 aromatic carbocycles. The van der Waals surface area contributed by atoms with Crippen LogP contribution in [0.1, 0.15) is 11.4 Å². The van der Waals surface area contributed by atoms with Gasteiger partial charge >= 0.3 is 0 Å². The van der Waals surface area contributed by atoms with Gasteiger partial charge in [0.25, 0.3) is 0 Å². The van der Waals surface area contributed by atoms with Crippen LogP contribution in [0.25, 0.3) is 11.2 Å². The summed E-state index contributed by atoms with van der Waals surface area (Å²) in [5, 5.41) is 4.15. The van der Waals surface area contributed by atoms with Crippen molar-refractivity contribution in [1.82, 2.24) is 19.9 Å². The van der Waals surface area contributed by atoms with Gasteiger partial charge in [-0.05, 0) is 22.4 Å². The zero-order valence-electron chi connectivity index (χ0n) is 8.34. The average Bonchev–Trinajstić information content (AvgIpc) is 2.88.